The molecule has 96 valence electrons. The van der Waals surface area contributed by atoms with Gasteiger partial charge in [0.15, 0.2) is 5.11 Å². The Balaban J connectivity index is 1.56. The Labute approximate surface area is 113 Å². The second kappa shape index (κ2) is 4.84. The maximum absolute atomic E-state index is 5.37. The molecule has 4 heteroatoms. The smallest absolute Gasteiger partial charge is 0.172 e. The highest BCUT2D eigenvalue weighted by Gasteiger charge is 2.39. The lowest BCUT2D eigenvalue weighted by Crippen LogP contribution is -2.40. The Morgan fingerprint density at radius 1 is 1.39 bits per heavy atom. The lowest BCUT2D eigenvalue weighted by atomic mass is 9.96. The zero-order chi connectivity index (χ0) is 12.5. The second-order valence-corrected chi connectivity index (χ2v) is 6.01. The normalized spacial score (nSPS) is 29.3. The molecule has 0 unspecified atom stereocenters. The number of hydrogen-bond donors (Lipinski definition) is 2. The molecular weight excluding hydrogens is 242 g/mol. The van der Waals surface area contributed by atoms with Crippen LogP contribution in [0.15, 0.2) is 18.3 Å². The van der Waals surface area contributed by atoms with E-state index < -0.39 is 0 Å². The first-order chi connectivity index (χ1) is 8.70. The molecule has 1 aromatic rings. The second-order valence-electron chi connectivity index (χ2n) is 5.60. The molecule has 0 amide bonds. The minimum absolute atomic E-state index is 0.577. The van der Waals surface area contributed by atoms with Gasteiger partial charge in [-0.1, -0.05) is 6.42 Å². The molecule has 2 fully saturated rings. The van der Waals surface area contributed by atoms with Gasteiger partial charge in [-0.05, 0) is 67.9 Å². The van der Waals surface area contributed by atoms with Crippen molar-refractivity contribution in [3.05, 3.63) is 23.9 Å². The van der Waals surface area contributed by atoms with Gasteiger partial charge in [-0.3, -0.25) is 0 Å². The summed E-state index contributed by atoms with van der Waals surface area (Å²) < 4.78 is 0. The molecule has 18 heavy (non-hydrogen) atoms. The van der Waals surface area contributed by atoms with Gasteiger partial charge in [-0.15, -0.1) is 0 Å². The van der Waals surface area contributed by atoms with Gasteiger partial charge >= 0.3 is 0 Å². The van der Waals surface area contributed by atoms with E-state index in [1.54, 1.807) is 6.20 Å². The molecule has 0 spiro atoms. The largest absolute Gasteiger partial charge is 0.359 e. The fraction of sp³-hybridized carbons (Fsp3) is 0.571. The van der Waals surface area contributed by atoms with Crippen molar-refractivity contribution in [1.29, 1.82) is 0 Å². The van der Waals surface area contributed by atoms with E-state index in [-0.39, 0.29) is 0 Å². The molecule has 1 heterocycles. The van der Waals surface area contributed by atoms with Gasteiger partial charge in [0.05, 0.1) is 0 Å². The summed E-state index contributed by atoms with van der Waals surface area (Å²) in [4.78, 5) is 4.26. The van der Waals surface area contributed by atoms with Crippen LogP contribution in [0.4, 0.5) is 5.82 Å². The molecule has 2 aliphatic rings. The SMILES string of the molecule is Cc1ccnc(NC(=S)N[C@@H]2C[C@@H]3CC[C@@H]2C3)c1. The summed E-state index contributed by atoms with van der Waals surface area (Å²) in [7, 11) is 0. The molecule has 0 aromatic carbocycles. The van der Waals surface area contributed by atoms with Gasteiger partial charge in [0, 0.05) is 12.2 Å². The van der Waals surface area contributed by atoms with Crippen molar-refractivity contribution < 1.29 is 0 Å². The summed E-state index contributed by atoms with van der Waals surface area (Å²) in [5, 5.41) is 7.35. The van der Waals surface area contributed by atoms with Crippen LogP contribution in [-0.4, -0.2) is 16.1 Å². The minimum Gasteiger partial charge on any atom is -0.359 e. The number of rotatable bonds is 2. The van der Waals surface area contributed by atoms with Crippen molar-refractivity contribution in [3.63, 3.8) is 0 Å². The van der Waals surface area contributed by atoms with E-state index in [2.05, 4.69) is 22.5 Å². The van der Waals surface area contributed by atoms with E-state index in [9.17, 15) is 0 Å². The highest BCUT2D eigenvalue weighted by atomic mass is 32.1. The third kappa shape index (κ3) is 2.48. The predicted octanol–water partition coefficient (Wildman–Crippen LogP) is 2.87. The maximum Gasteiger partial charge on any atom is 0.172 e. The molecule has 1 aromatic heterocycles. The summed E-state index contributed by atoms with van der Waals surface area (Å²) in [5.41, 5.74) is 1.19. The lowest BCUT2D eigenvalue weighted by Gasteiger charge is -2.24. The summed E-state index contributed by atoms with van der Waals surface area (Å²) in [5.74, 6) is 2.60. The molecular formula is C14H19N3S. The van der Waals surface area contributed by atoms with Crippen LogP contribution in [0.25, 0.3) is 0 Å². The standard InChI is InChI=1S/C14H19N3S/c1-9-4-5-15-13(6-9)17-14(18)16-12-8-10-2-3-11(12)7-10/h4-6,10-12H,2-3,7-8H2,1H3,(H2,15,16,17,18)/t10-,11-,12-/m1/s1. The molecule has 2 bridgehead atoms. The Kier molecular flexibility index (Phi) is 3.20. The van der Waals surface area contributed by atoms with Crippen molar-refractivity contribution >= 4 is 23.1 Å². The van der Waals surface area contributed by atoms with E-state index in [1.807, 2.05) is 12.1 Å². The Hall–Kier alpha value is -1.16. The number of nitrogens with one attached hydrogen (secondary N) is 2. The molecule has 0 aliphatic heterocycles. The van der Waals surface area contributed by atoms with Gasteiger partial charge in [-0.25, -0.2) is 4.98 Å². The van der Waals surface area contributed by atoms with Gasteiger partial charge in [0.25, 0.3) is 0 Å². The number of fused-ring (bicyclic) bond motifs is 2. The number of pyridine rings is 1. The van der Waals surface area contributed by atoms with E-state index in [1.165, 1.54) is 31.2 Å². The Morgan fingerprint density at radius 2 is 2.28 bits per heavy atom. The molecule has 2 N–H and O–H groups in total. The van der Waals surface area contributed by atoms with Crippen LogP contribution < -0.4 is 10.6 Å². The van der Waals surface area contributed by atoms with Crippen LogP contribution in [0.5, 0.6) is 0 Å². The van der Waals surface area contributed by atoms with Crippen molar-refractivity contribution in [2.75, 3.05) is 5.32 Å². The summed E-state index contributed by atoms with van der Waals surface area (Å²) in [6, 6.07) is 4.57. The van der Waals surface area contributed by atoms with Gasteiger partial charge in [0.1, 0.15) is 5.82 Å². The van der Waals surface area contributed by atoms with E-state index in [0.717, 1.165) is 17.7 Å². The topological polar surface area (TPSA) is 37.0 Å². The van der Waals surface area contributed by atoms with Gasteiger partial charge < -0.3 is 10.6 Å². The molecule has 3 nitrogen and oxygen atoms in total. The zero-order valence-corrected chi connectivity index (χ0v) is 11.5. The highest BCUT2D eigenvalue weighted by Crippen LogP contribution is 2.44. The molecule has 0 radical (unpaired) electrons. The van der Waals surface area contributed by atoms with E-state index in [4.69, 9.17) is 12.2 Å². The Bertz CT molecular complexity index is 460. The molecule has 3 atom stereocenters. The molecule has 0 saturated heterocycles. The molecule has 2 saturated carbocycles. The minimum atomic E-state index is 0.577. The van der Waals surface area contributed by atoms with Crippen LogP contribution >= 0.6 is 12.2 Å². The van der Waals surface area contributed by atoms with Crippen molar-refractivity contribution in [1.82, 2.24) is 10.3 Å². The zero-order valence-electron chi connectivity index (χ0n) is 10.6. The first kappa shape index (κ1) is 11.9. The predicted molar refractivity (Wildman–Crippen MR) is 77.6 cm³/mol. The van der Waals surface area contributed by atoms with Crippen molar-refractivity contribution in [2.24, 2.45) is 11.8 Å². The average Bonchev–Trinajstić information content (AvgIpc) is 2.90. The Morgan fingerprint density at radius 3 is 2.94 bits per heavy atom. The number of aryl methyl sites for hydroxylation is 1. The highest BCUT2D eigenvalue weighted by molar-refractivity contribution is 7.80. The van der Waals surface area contributed by atoms with Crippen molar-refractivity contribution in [2.45, 2.75) is 38.6 Å². The average molecular weight is 261 g/mol. The third-order valence-electron chi connectivity index (χ3n) is 4.21. The monoisotopic (exact) mass is 261 g/mol. The fourth-order valence-corrected chi connectivity index (χ4v) is 3.60. The van der Waals surface area contributed by atoms with E-state index >= 15 is 0 Å². The quantitative estimate of drug-likeness (QED) is 0.803. The molecule has 3 rings (SSSR count). The van der Waals surface area contributed by atoms with Crippen LogP contribution in [-0.2, 0) is 0 Å². The number of aromatic nitrogens is 1. The van der Waals surface area contributed by atoms with Crippen LogP contribution in [0.3, 0.4) is 0 Å². The lowest BCUT2D eigenvalue weighted by molar-refractivity contribution is 0.392. The van der Waals surface area contributed by atoms with Crippen LogP contribution in [0, 0.1) is 18.8 Å². The maximum atomic E-state index is 5.37. The third-order valence-corrected chi connectivity index (χ3v) is 4.43. The number of nitrogens with zero attached hydrogens (tertiary/aromatic N) is 1. The van der Waals surface area contributed by atoms with Gasteiger partial charge in [0.2, 0.25) is 0 Å². The summed E-state index contributed by atoms with van der Waals surface area (Å²) in [6.07, 6.45) is 7.27. The first-order valence-corrected chi connectivity index (χ1v) is 7.12. The van der Waals surface area contributed by atoms with E-state index in [0.29, 0.717) is 11.2 Å². The fourth-order valence-electron chi connectivity index (χ4n) is 3.35. The van der Waals surface area contributed by atoms with Crippen LogP contribution in [0.1, 0.15) is 31.2 Å². The van der Waals surface area contributed by atoms with Crippen molar-refractivity contribution in [3.8, 4) is 0 Å². The first-order valence-electron chi connectivity index (χ1n) is 6.71. The molecule has 2 aliphatic carbocycles. The number of hydrogen-bond acceptors (Lipinski definition) is 2. The van der Waals surface area contributed by atoms with Gasteiger partial charge in [-0.2, -0.15) is 0 Å². The summed E-state index contributed by atoms with van der Waals surface area (Å²) >= 11 is 5.37. The number of thiocarbonyl (C=S) groups is 1. The van der Waals surface area contributed by atoms with Crippen LogP contribution in [0.2, 0.25) is 0 Å². The summed E-state index contributed by atoms with van der Waals surface area (Å²) in [6.45, 7) is 2.05. The number of anilines is 1.